The van der Waals surface area contributed by atoms with E-state index >= 15 is 0 Å². The molecule has 1 aromatic rings. The largest absolute Gasteiger partial charge is 0.373 e. The maximum Gasteiger partial charge on any atom is 0.0995 e. The van der Waals surface area contributed by atoms with Crippen LogP contribution in [0.4, 0.5) is 0 Å². The Morgan fingerprint density at radius 1 is 1.40 bits per heavy atom. The number of nitriles is 1. The number of benzene rings is 1. The molecule has 0 bridgehead atoms. The number of nitrogens with zero attached hydrogens (tertiary/aromatic N) is 1. The smallest absolute Gasteiger partial charge is 0.0995 e. The van der Waals surface area contributed by atoms with Crippen molar-refractivity contribution in [2.45, 2.75) is 31.6 Å². The molecule has 2 rings (SSSR count). The van der Waals surface area contributed by atoms with Gasteiger partial charge < -0.3 is 10.5 Å². The maximum atomic E-state index is 8.87. The van der Waals surface area contributed by atoms with E-state index in [0.29, 0.717) is 18.2 Å². The molecule has 1 saturated carbocycles. The minimum absolute atomic E-state index is 0.284. The normalized spacial score (nSPS) is 24.3. The fourth-order valence-electron chi connectivity index (χ4n) is 1.71. The van der Waals surface area contributed by atoms with Gasteiger partial charge in [-0.3, -0.25) is 0 Å². The van der Waals surface area contributed by atoms with Crippen LogP contribution in [0.25, 0.3) is 0 Å². The third kappa shape index (κ3) is 2.35. The van der Waals surface area contributed by atoms with Crippen molar-refractivity contribution in [1.82, 2.24) is 0 Å². The second-order valence-corrected chi connectivity index (χ2v) is 3.93. The van der Waals surface area contributed by atoms with Crippen LogP contribution in [0.2, 0.25) is 0 Å². The van der Waals surface area contributed by atoms with Gasteiger partial charge in [-0.25, -0.2) is 0 Å². The van der Waals surface area contributed by atoms with Gasteiger partial charge in [0, 0.05) is 6.04 Å². The minimum Gasteiger partial charge on any atom is -0.373 e. The first-order valence-corrected chi connectivity index (χ1v) is 5.15. The lowest BCUT2D eigenvalue weighted by molar-refractivity contribution is -0.0189. The standard InChI is InChI=1S/C12H14N2O/c13-7-9-3-1-2-4-10(9)8-15-12-5-11(14)6-12/h1-4,11-12H,5-6,8,14H2. The van der Waals surface area contributed by atoms with E-state index in [1.165, 1.54) is 0 Å². The molecule has 1 aliphatic carbocycles. The second-order valence-electron chi connectivity index (χ2n) is 3.93. The van der Waals surface area contributed by atoms with Gasteiger partial charge in [0.15, 0.2) is 0 Å². The number of ether oxygens (including phenoxy) is 1. The quantitative estimate of drug-likeness (QED) is 0.809. The number of hydrogen-bond donors (Lipinski definition) is 1. The molecular weight excluding hydrogens is 188 g/mol. The predicted octanol–water partition coefficient (Wildman–Crippen LogP) is 1.56. The van der Waals surface area contributed by atoms with Crippen LogP contribution in [0, 0.1) is 11.3 Å². The Kier molecular flexibility index (Phi) is 3.00. The van der Waals surface area contributed by atoms with E-state index in [1.54, 1.807) is 0 Å². The van der Waals surface area contributed by atoms with Crippen LogP contribution in [-0.2, 0) is 11.3 Å². The molecule has 0 amide bonds. The summed E-state index contributed by atoms with van der Waals surface area (Å²) < 4.78 is 5.65. The molecule has 1 aromatic carbocycles. The molecule has 0 saturated heterocycles. The van der Waals surface area contributed by atoms with Crippen molar-refractivity contribution in [3.05, 3.63) is 35.4 Å². The highest BCUT2D eigenvalue weighted by atomic mass is 16.5. The molecule has 2 N–H and O–H groups in total. The topological polar surface area (TPSA) is 59.0 Å². The molecule has 15 heavy (non-hydrogen) atoms. The Morgan fingerprint density at radius 2 is 2.13 bits per heavy atom. The second kappa shape index (κ2) is 4.43. The highest BCUT2D eigenvalue weighted by Gasteiger charge is 2.26. The SMILES string of the molecule is N#Cc1ccccc1COC1CC(N)C1. The average molecular weight is 202 g/mol. The molecule has 0 atom stereocenters. The van der Waals surface area contributed by atoms with E-state index in [4.69, 9.17) is 15.7 Å². The van der Waals surface area contributed by atoms with Crippen molar-refractivity contribution in [2.24, 2.45) is 5.73 Å². The molecule has 0 aromatic heterocycles. The van der Waals surface area contributed by atoms with Gasteiger partial charge in [0.05, 0.1) is 24.3 Å². The molecule has 0 aliphatic heterocycles. The fraction of sp³-hybridized carbons (Fsp3) is 0.417. The van der Waals surface area contributed by atoms with E-state index < -0.39 is 0 Å². The van der Waals surface area contributed by atoms with Crippen molar-refractivity contribution in [1.29, 1.82) is 5.26 Å². The van der Waals surface area contributed by atoms with Gasteiger partial charge in [0.2, 0.25) is 0 Å². The van der Waals surface area contributed by atoms with E-state index in [9.17, 15) is 0 Å². The van der Waals surface area contributed by atoms with Crippen LogP contribution < -0.4 is 5.73 Å². The summed E-state index contributed by atoms with van der Waals surface area (Å²) in [5.41, 5.74) is 7.32. The first-order chi connectivity index (χ1) is 7.29. The molecule has 0 radical (unpaired) electrons. The van der Waals surface area contributed by atoms with Crippen LogP contribution in [0.1, 0.15) is 24.0 Å². The van der Waals surface area contributed by atoms with Crippen molar-refractivity contribution < 1.29 is 4.74 Å². The molecule has 78 valence electrons. The number of hydrogen-bond acceptors (Lipinski definition) is 3. The molecule has 1 aliphatic rings. The zero-order valence-corrected chi connectivity index (χ0v) is 8.52. The summed E-state index contributed by atoms with van der Waals surface area (Å²) in [6.45, 7) is 0.515. The van der Waals surface area contributed by atoms with Gasteiger partial charge in [0.1, 0.15) is 0 Å². The Bertz CT molecular complexity index is 377. The van der Waals surface area contributed by atoms with Crippen LogP contribution >= 0.6 is 0 Å². The average Bonchev–Trinajstić information content (AvgIpc) is 2.23. The van der Waals surface area contributed by atoms with Gasteiger partial charge in [-0.2, -0.15) is 5.26 Å². The van der Waals surface area contributed by atoms with Crippen LogP contribution in [0.3, 0.4) is 0 Å². The van der Waals surface area contributed by atoms with Gasteiger partial charge in [-0.05, 0) is 24.5 Å². The monoisotopic (exact) mass is 202 g/mol. The zero-order chi connectivity index (χ0) is 10.7. The van der Waals surface area contributed by atoms with E-state index in [1.807, 2.05) is 24.3 Å². The molecule has 0 spiro atoms. The lowest BCUT2D eigenvalue weighted by Gasteiger charge is -2.32. The highest BCUT2D eigenvalue weighted by molar-refractivity contribution is 5.36. The summed E-state index contributed by atoms with van der Waals surface area (Å²) in [7, 11) is 0. The van der Waals surface area contributed by atoms with Crippen molar-refractivity contribution in [3.63, 3.8) is 0 Å². The fourth-order valence-corrected chi connectivity index (χ4v) is 1.71. The van der Waals surface area contributed by atoms with Crippen LogP contribution in [0.15, 0.2) is 24.3 Å². The Hall–Kier alpha value is -1.37. The van der Waals surface area contributed by atoms with Gasteiger partial charge >= 0.3 is 0 Å². The molecular formula is C12H14N2O. The summed E-state index contributed by atoms with van der Waals surface area (Å²) in [4.78, 5) is 0. The molecule has 3 nitrogen and oxygen atoms in total. The minimum atomic E-state index is 0.284. The van der Waals surface area contributed by atoms with Crippen LogP contribution in [0.5, 0.6) is 0 Å². The van der Waals surface area contributed by atoms with E-state index in [2.05, 4.69) is 6.07 Å². The molecule has 1 fully saturated rings. The first-order valence-electron chi connectivity index (χ1n) is 5.15. The number of rotatable bonds is 3. The summed E-state index contributed by atoms with van der Waals surface area (Å²) in [5, 5.41) is 8.87. The molecule has 3 heteroatoms. The van der Waals surface area contributed by atoms with Crippen molar-refractivity contribution >= 4 is 0 Å². The Labute approximate surface area is 89.5 Å². The van der Waals surface area contributed by atoms with Gasteiger partial charge in [-0.1, -0.05) is 18.2 Å². The van der Waals surface area contributed by atoms with Gasteiger partial charge in [-0.15, -0.1) is 0 Å². The summed E-state index contributed by atoms with van der Waals surface area (Å²) in [6, 6.07) is 9.99. The van der Waals surface area contributed by atoms with E-state index in [-0.39, 0.29) is 6.10 Å². The zero-order valence-electron chi connectivity index (χ0n) is 8.52. The first kappa shape index (κ1) is 10.2. The van der Waals surface area contributed by atoms with Gasteiger partial charge in [0.25, 0.3) is 0 Å². The van der Waals surface area contributed by atoms with Crippen molar-refractivity contribution in [3.8, 4) is 6.07 Å². The predicted molar refractivity (Wildman–Crippen MR) is 56.9 cm³/mol. The Morgan fingerprint density at radius 3 is 2.80 bits per heavy atom. The number of nitrogens with two attached hydrogens (primary N) is 1. The maximum absolute atomic E-state index is 8.87. The van der Waals surface area contributed by atoms with Crippen LogP contribution in [-0.4, -0.2) is 12.1 Å². The van der Waals surface area contributed by atoms with E-state index in [0.717, 1.165) is 18.4 Å². The lowest BCUT2D eigenvalue weighted by atomic mass is 9.90. The molecule has 0 unspecified atom stereocenters. The summed E-state index contributed by atoms with van der Waals surface area (Å²) >= 11 is 0. The molecule has 0 heterocycles. The lowest BCUT2D eigenvalue weighted by Crippen LogP contribution is -2.41. The summed E-state index contributed by atoms with van der Waals surface area (Å²) in [5.74, 6) is 0. The third-order valence-electron chi connectivity index (χ3n) is 2.74. The Balaban J connectivity index is 1.91. The third-order valence-corrected chi connectivity index (χ3v) is 2.74. The summed E-state index contributed by atoms with van der Waals surface area (Å²) in [6.07, 6.45) is 2.16. The van der Waals surface area contributed by atoms with Crippen molar-refractivity contribution in [2.75, 3.05) is 0 Å². The highest BCUT2D eigenvalue weighted by Crippen LogP contribution is 2.22.